The van der Waals surface area contributed by atoms with E-state index in [2.05, 4.69) is 0 Å². The molecule has 0 bridgehead atoms. The SMILES string of the molecule is NCCN(C=O)OCc1ccccc1. The Morgan fingerprint density at radius 3 is 2.64 bits per heavy atom. The van der Waals surface area contributed by atoms with Gasteiger partial charge in [0.15, 0.2) is 0 Å². The maximum Gasteiger partial charge on any atom is 0.233 e. The Morgan fingerprint density at radius 1 is 1.36 bits per heavy atom. The number of nitrogens with two attached hydrogens (primary N) is 1. The minimum Gasteiger partial charge on any atom is -0.329 e. The van der Waals surface area contributed by atoms with Gasteiger partial charge < -0.3 is 5.73 Å². The topological polar surface area (TPSA) is 55.6 Å². The molecule has 76 valence electrons. The lowest BCUT2D eigenvalue weighted by atomic mass is 10.2. The first kappa shape index (κ1) is 10.7. The van der Waals surface area contributed by atoms with Crippen LogP contribution in [0.25, 0.3) is 0 Å². The van der Waals surface area contributed by atoms with Crippen molar-refractivity contribution >= 4 is 6.41 Å². The quantitative estimate of drug-likeness (QED) is 0.531. The van der Waals surface area contributed by atoms with Gasteiger partial charge in [-0.15, -0.1) is 0 Å². The monoisotopic (exact) mass is 194 g/mol. The highest BCUT2D eigenvalue weighted by Crippen LogP contribution is 2.01. The van der Waals surface area contributed by atoms with Gasteiger partial charge in [-0.2, -0.15) is 0 Å². The van der Waals surface area contributed by atoms with Gasteiger partial charge in [0.1, 0.15) is 6.61 Å². The number of carbonyl (C=O) groups is 1. The van der Waals surface area contributed by atoms with E-state index in [9.17, 15) is 4.79 Å². The Bertz CT molecular complexity index is 264. The second kappa shape index (κ2) is 6.12. The Hall–Kier alpha value is -1.39. The van der Waals surface area contributed by atoms with E-state index in [1.54, 1.807) is 0 Å². The van der Waals surface area contributed by atoms with E-state index in [0.29, 0.717) is 26.1 Å². The lowest BCUT2D eigenvalue weighted by molar-refractivity contribution is -0.176. The largest absolute Gasteiger partial charge is 0.329 e. The third-order valence-corrected chi connectivity index (χ3v) is 1.71. The average Bonchev–Trinajstić information content (AvgIpc) is 2.25. The lowest BCUT2D eigenvalue weighted by Crippen LogP contribution is -2.28. The van der Waals surface area contributed by atoms with Gasteiger partial charge in [0.25, 0.3) is 0 Å². The molecule has 0 atom stereocenters. The molecule has 4 nitrogen and oxygen atoms in total. The summed E-state index contributed by atoms with van der Waals surface area (Å²) in [5, 5.41) is 1.20. The van der Waals surface area contributed by atoms with Crippen molar-refractivity contribution in [3.63, 3.8) is 0 Å². The van der Waals surface area contributed by atoms with Crippen molar-refractivity contribution in [2.75, 3.05) is 13.1 Å². The number of benzene rings is 1. The summed E-state index contributed by atoms with van der Waals surface area (Å²) in [6.45, 7) is 1.20. The molecule has 0 aliphatic carbocycles. The van der Waals surface area contributed by atoms with Crippen LogP contribution in [0, 0.1) is 0 Å². The van der Waals surface area contributed by atoms with E-state index in [4.69, 9.17) is 10.6 Å². The highest BCUT2D eigenvalue weighted by Gasteiger charge is 2.00. The first-order valence-electron chi connectivity index (χ1n) is 4.45. The molecule has 0 aliphatic heterocycles. The zero-order valence-electron chi connectivity index (χ0n) is 7.93. The van der Waals surface area contributed by atoms with Crippen molar-refractivity contribution in [2.45, 2.75) is 6.61 Å². The highest BCUT2D eigenvalue weighted by molar-refractivity contribution is 5.44. The van der Waals surface area contributed by atoms with Gasteiger partial charge in [0.05, 0.1) is 6.54 Å². The summed E-state index contributed by atoms with van der Waals surface area (Å²) >= 11 is 0. The number of carbonyl (C=O) groups excluding carboxylic acids is 1. The predicted molar refractivity (Wildman–Crippen MR) is 53.1 cm³/mol. The van der Waals surface area contributed by atoms with E-state index in [-0.39, 0.29) is 0 Å². The molecule has 0 saturated heterocycles. The molecule has 0 fully saturated rings. The van der Waals surface area contributed by atoms with Crippen molar-refractivity contribution in [3.8, 4) is 0 Å². The molecule has 0 spiro atoms. The molecule has 0 aliphatic rings. The van der Waals surface area contributed by atoms with Gasteiger partial charge in [0, 0.05) is 6.54 Å². The van der Waals surface area contributed by atoms with Crippen LogP contribution in [0.15, 0.2) is 30.3 Å². The Labute approximate surface area is 83.2 Å². The van der Waals surface area contributed by atoms with Crippen molar-refractivity contribution in [2.24, 2.45) is 5.73 Å². The van der Waals surface area contributed by atoms with Crippen LogP contribution < -0.4 is 5.73 Å². The van der Waals surface area contributed by atoms with Crippen LogP contribution in [0.2, 0.25) is 0 Å². The van der Waals surface area contributed by atoms with Crippen LogP contribution in [-0.2, 0) is 16.2 Å². The van der Waals surface area contributed by atoms with Crippen molar-refractivity contribution in [1.82, 2.24) is 5.06 Å². The van der Waals surface area contributed by atoms with E-state index in [0.717, 1.165) is 5.56 Å². The molecule has 14 heavy (non-hydrogen) atoms. The number of amides is 1. The summed E-state index contributed by atoms with van der Waals surface area (Å²) in [5.41, 5.74) is 6.32. The van der Waals surface area contributed by atoms with Gasteiger partial charge in [-0.1, -0.05) is 30.3 Å². The fourth-order valence-electron chi connectivity index (χ4n) is 1.01. The molecule has 1 aromatic rings. The summed E-state index contributed by atoms with van der Waals surface area (Å²) < 4.78 is 0. The van der Waals surface area contributed by atoms with Crippen LogP contribution in [-0.4, -0.2) is 24.6 Å². The summed E-state index contributed by atoms with van der Waals surface area (Å²) in [7, 11) is 0. The molecule has 0 saturated carbocycles. The van der Waals surface area contributed by atoms with Crippen LogP contribution in [0.5, 0.6) is 0 Å². The normalized spacial score (nSPS) is 9.79. The van der Waals surface area contributed by atoms with E-state index in [1.807, 2.05) is 30.3 Å². The molecule has 0 heterocycles. The van der Waals surface area contributed by atoms with Crippen LogP contribution in [0.1, 0.15) is 5.56 Å². The Balaban J connectivity index is 2.35. The highest BCUT2D eigenvalue weighted by atomic mass is 16.7. The number of hydrogen-bond donors (Lipinski definition) is 1. The van der Waals surface area contributed by atoms with Gasteiger partial charge in [0.2, 0.25) is 6.41 Å². The van der Waals surface area contributed by atoms with Crippen molar-refractivity contribution in [3.05, 3.63) is 35.9 Å². The van der Waals surface area contributed by atoms with Gasteiger partial charge in [-0.25, -0.2) is 5.06 Å². The third-order valence-electron chi connectivity index (χ3n) is 1.71. The van der Waals surface area contributed by atoms with Crippen LogP contribution in [0.4, 0.5) is 0 Å². The summed E-state index contributed by atoms with van der Waals surface area (Å²) in [4.78, 5) is 15.7. The Kier molecular flexibility index (Phi) is 4.68. The first-order valence-corrected chi connectivity index (χ1v) is 4.45. The van der Waals surface area contributed by atoms with Gasteiger partial charge >= 0.3 is 0 Å². The summed E-state index contributed by atoms with van der Waals surface area (Å²) in [6, 6.07) is 9.65. The number of hydrogen-bond acceptors (Lipinski definition) is 3. The molecule has 0 unspecified atom stereocenters. The standard InChI is InChI=1S/C10H14N2O2/c11-6-7-12(9-13)14-8-10-4-2-1-3-5-10/h1-5,9H,6-8,11H2. The lowest BCUT2D eigenvalue weighted by Gasteiger charge is -2.15. The fourth-order valence-corrected chi connectivity index (χ4v) is 1.01. The number of hydroxylamine groups is 2. The maximum atomic E-state index is 10.5. The first-order chi connectivity index (χ1) is 6.86. The molecule has 4 heteroatoms. The third kappa shape index (κ3) is 3.55. The predicted octanol–water partition coefficient (Wildman–Crippen LogP) is 0.535. The minimum absolute atomic E-state index is 0.388. The molecular formula is C10H14N2O2. The zero-order valence-corrected chi connectivity index (χ0v) is 7.93. The van der Waals surface area contributed by atoms with E-state index >= 15 is 0 Å². The zero-order chi connectivity index (χ0) is 10.2. The molecule has 2 N–H and O–H groups in total. The molecule has 1 rings (SSSR count). The van der Waals surface area contributed by atoms with E-state index < -0.39 is 0 Å². The smallest absolute Gasteiger partial charge is 0.233 e. The van der Waals surface area contributed by atoms with E-state index in [1.165, 1.54) is 5.06 Å². The number of rotatable bonds is 6. The molecule has 0 aromatic heterocycles. The maximum absolute atomic E-state index is 10.5. The molecular weight excluding hydrogens is 180 g/mol. The van der Waals surface area contributed by atoms with Gasteiger partial charge in [-0.3, -0.25) is 9.63 Å². The molecule has 1 aromatic carbocycles. The number of nitrogens with zero attached hydrogens (tertiary/aromatic N) is 1. The Morgan fingerprint density at radius 2 is 2.07 bits per heavy atom. The van der Waals surface area contributed by atoms with Crippen LogP contribution in [0.3, 0.4) is 0 Å². The summed E-state index contributed by atoms with van der Waals surface area (Å²) in [6.07, 6.45) is 0.635. The van der Waals surface area contributed by atoms with Crippen molar-refractivity contribution < 1.29 is 9.63 Å². The molecule has 0 radical (unpaired) electrons. The second-order valence-corrected chi connectivity index (χ2v) is 2.79. The summed E-state index contributed by atoms with van der Waals surface area (Å²) in [5.74, 6) is 0. The second-order valence-electron chi connectivity index (χ2n) is 2.79. The minimum atomic E-state index is 0.388. The average molecular weight is 194 g/mol. The van der Waals surface area contributed by atoms with Crippen LogP contribution >= 0.6 is 0 Å². The van der Waals surface area contributed by atoms with Crippen molar-refractivity contribution in [1.29, 1.82) is 0 Å². The molecule has 1 amide bonds. The van der Waals surface area contributed by atoms with Gasteiger partial charge in [-0.05, 0) is 5.56 Å². The fraction of sp³-hybridized carbons (Fsp3) is 0.300.